The lowest BCUT2D eigenvalue weighted by molar-refractivity contribution is 0.0648. The van der Waals surface area contributed by atoms with E-state index in [1.54, 1.807) is 6.92 Å². The number of unbranched alkanes of at least 4 members (excludes halogenated alkanes) is 11. The Hall–Kier alpha value is -0.560. The highest BCUT2D eigenvalue weighted by Crippen LogP contribution is 2.12. The average molecular weight is 312 g/mol. The van der Waals surface area contributed by atoms with Crippen LogP contribution in [0.5, 0.6) is 0 Å². The lowest BCUT2D eigenvalue weighted by Gasteiger charge is -2.22. The van der Waals surface area contributed by atoms with E-state index in [-0.39, 0.29) is 6.61 Å². The molecule has 0 aromatic carbocycles. The molecule has 3 nitrogen and oxygen atoms in total. The normalized spacial score (nSPS) is 15.0. The zero-order valence-corrected chi connectivity index (χ0v) is 14.7. The van der Waals surface area contributed by atoms with Crippen LogP contribution in [0.4, 0.5) is 0 Å². The van der Waals surface area contributed by atoms with E-state index < -0.39 is 11.6 Å². The van der Waals surface area contributed by atoms with Gasteiger partial charge in [0, 0.05) is 6.42 Å². The van der Waals surface area contributed by atoms with Crippen LogP contribution in [0.25, 0.3) is 0 Å². The summed E-state index contributed by atoms with van der Waals surface area (Å²) in [4.78, 5) is 0. The van der Waals surface area contributed by atoms with Gasteiger partial charge in [0.1, 0.15) is 5.60 Å². The summed E-state index contributed by atoms with van der Waals surface area (Å²) >= 11 is 0. The Kier molecular flexibility index (Phi) is 13.7. The Morgan fingerprint density at radius 1 is 0.909 bits per heavy atom. The summed E-state index contributed by atoms with van der Waals surface area (Å²) in [7, 11) is 0. The first kappa shape index (κ1) is 21.4. The van der Waals surface area contributed by atoms with Gasteiger partial charge in [-0.05, 0) is 13.3 Å². The van der Waals surface area contributed by atoms with Crippen LogP contribution >= 0.6 is 0 Å². The van der Waals surface area contributed by atoms with Crippen LogP contribution in [0.3, 0.4) is 0 Å². The van der Waals surface area contributed by atoms with Crippen molar-refractivity contribution in [2.45, 2.75) is 103 Å². The molecule has 22 heavy (non-hydrogen) atoms. The summed E-state index contributed by atoms with van der Waals surface area (Å²) in [5.41, 5.74) is 4.31. The fraction of sp³-hybridized carbons (Fsp3) is 0.895. The molecule has 4 N–H and O–H groups in total. The molecule has 0 aliphatic rings. The van der Waals surface area contributed by atoms with Gasteiger partial charge in [-0.15, -0.1) is 5.92 Å². The number of nitrogens with two attached hydrogens (primary N) is 1. The Morgan fingerprint density at radius 2 is 1.36 bits per heavy atom. The van der Waals surface area contributed by atoms with E-state index in [1.807, 2.05) is 0 Å². The standard InChI is InChI=1S/C19H37NO2/c1-3-4-5-6-7-8-9-10-11-12-13-14-15-16-19(2,22)18(20)17-21/h18,21-22H,3-14,17,20H2,1-2H3/t18-,19-/m0/s1. The van der Waals surface area contributed by atoms with E-state index >= 15 is 0 Å². The van der Waals surface area contributed by atoms with Crippen molar-refractivity contribution in [3.63, 3.8) is 0 Å². The first-order valence-corrected chi connectivity index (χ1v) is 9.13. The van der Waals surface area contributed by atoms with Crippen molar-refractivity contribution in [3.8, 4) is 11.8 Å². The third-order valence-corrected chi connectivity index (χ3v) is 4.17. The third-order valence-electron chi connectivity index (χ3n) is 4.17. The fourth-order valence-corrected chi connectivity index (χ4v) is 2.39. The first-order chi connectivity index (χ1) is 10.5. The minimum atomic E-state index is -1.29. The zero-order chi connectivity index (χ0) is 16.7. The van der Waals surface area contributed by atoms with Crippen LogP contribution in [0.1, 0.15) is 90.9 Å². The van der Waals surface area contributed by atoms with Gasteiger partial charge in [0.25, 0.3) is 0 Å². The molecule has 0 fully saturated rings. The van der Waals surface area contributed by atoms with Crippen LogP contribution < -0.4 is 5.73 Å². The summed E-state index contributed by atoms with van der Waals surface area (Å²) in [6, 6.07) is -0.697. The summed E-state index contributed by atoms with van der Waals surface area (Å²) in [6.45, 7) is 3.56. The smallest absolute Gasteiger partial charge is 0.139 e. The molecule has 0 unspecified atom stereocenters. The lowest BCUT2D eigenvalue weighted by Crippen LogP contribution is -2.47. The Morgan fingerprint density at radius 3 is 1.82 bits per heavy atom. The minimum absolute atomic E-state index is 0.250. The molecule has 0 aromatic heterocycles. The van der Waals surface area contributed by atoms with Gasteiger partial charge < -0.3 is 15.9 Å². The predicted molar refractivity (Wildman–Crippen MR) is 94.5 cm³/mol. The first-order valence-electron chi connectivity index (χ1n) is 9.13. The number of rotatable bonds is 13. The number of aliphatic hydroxyl groups excluding tert-OH is 1. The minimum Gasteiger partial charge on any atom is -0.395 e. The highest BCUT2D eigenvalue weighted by Gasteiger charge is 2.25. The summed E-state index contributed by atoms with van der Waals surface area (Å²) in [5, 5.41) is 18.8. The van der Waals surface area contributed by atoms with Crippen molar-refractivity contribution in [2.24, 2.45) is 5.73 Å². The van der Waals surface area contributed by atoms with Crippen LogP contribution in [0.2, 0.25) is 0 Å². The van der Waals surface area contributed by atoms with Crippen LogP contribution in [-0.4, -0.2) is 28.5 Å². The molecule has 0 rings (SSSR count). The van der Waals surface area contributed by atoms with E-state index in [4.69, 9.17) is 10.8 Å². The molecule has 0 radical (unpaired) electrons. The van der Waals surface area contributed by atoms with Gasteiger partial charge in [-0.2, -0.15) is 0 Å². The van der Waals surface area contributed by atoms with Gasteiger partial charge in [0.05, 0.1) is 12.6 Å². The summed E-state index contributed by atoms with van der Waals surface area (Å²) < 4.78 is 0. The van der Waals surface area contributed by atoms with Crippen molar-refractivity contribution < 1.29 is 10.2 Å². The molecular formula is C19H37NO2. The molecule has 0 heterocycles. The Balaban J connectivity index is 3.41. The molecule has 0 spiro atoms. The van der Waals surface area contributed by atoms with Crippen LogP contribution in [0.15, 0.2) is 0 Å². The van der Waals surface area contributed by atoms with Crippen molar-refractivity contribution in [2.75, 3.05) is 6.61 Å². The maximum absolute atomic E-state index is 9.90. The van der Waals surface area contributed by atoms with Gasteiger partial charge >= 0.3 is 0 Å². The second kappa shape index (κ2) is 14.1. The average Bonchev–Trinajstić information content (AvgIpc) is 2.50. The molecule has 0 aliphatic heterocycles. The van der Waals surface area contributed by atoms with Gasteiger partial charge in [-0.25, -0.2) is 0 Å². The van der Waals surface area contributed by atoms with Crippen LogP contribution in [-0.2, 0) is 0 Å². The van der Waals surface area contributed by atoms with E-state index in [1.165, 1.54) is 64.2 Å². The largest absolute Gasteiger partial charge is 0.395 e. The van der Waals surface area contributed by atoms with Crippen LogP contribution in [0, 0.1) is 11.8 Å². The van der Waals surface area contributed by atoms with E-state index in [2.05, 4.69) is 18.8 Å². The van der Waals surface area contributed by atoms with E-state index in [9.17, 15) is 5.11 Å². The van der Waals surface area contributed by atoms with Gasteiger partial charge in [0.2, 0.25) is 0 Å². The number of aliphatic hydroxyl groups is 2. The Labute approximate surface area is 137 Å². The van der Waals surface area contributed by atoms with Crippen molar-refractivity contribution in [1.29, 1.82) is 0 Å². The van der Waals surface area contributed by atoms with Crippen molar-refractivity contribution >= 4 is 0 Å². The molecule has 0 aliphatic carbocycles. The summed E-state index contributed by atoms with van der Waals surface area (Å²) in [5.74, 6) is 5.75. The van der Waals surface area contributed by atoms with Gasteiger partial charge in [0.15, 0.2) is 0 Å². The molecule has 0 saturated heterocycles. The molecule has 3 heteroatoms. The second-order valence-electron chi connectivity index (χ2n) is 6.52. The maximum atomic E-state index is 9.90. The lowest BCUT2D eigenvalue weighted by atomic mass is 9.98. The molecule has 0 amide bonds. The van der Waals surface area contributed by atoms with Gasteiger partial charge in [-0.3, -0.25) is 0 Å². The van der Waals surface area contributed by atoms with Crippen molar-refractivity contribution in [3.05, 3.63) is 0 Å². The molecule has 0 saturated carbocycles. The monoisotopic (exact) mass is 311 g/mol. The molecular weight excluding hydrogens is 274 g/mol. The number of hydrogen-bond donors (Lipinski definition) is 3. The molecule has 130 valence electrons. The van der Waals surface area contributed by atoms with Gasteiger partial charge in [-0.1, -0.05) is 77.1 Å². The third kappa shape index (κ3) is 12.0. The Bertz CT molecular complexity index is 304. The second-order valence-corrected chi connectivity index (χ2v) is 6.52. The maximum Gasteiger partial charge on any atom is 0.139 e. The predicted octanol–water partition coefficient (Wildman–Crippen LogP) is 3.76. The molecule has 0 bridgehead atoms. The molecule has 0 aromatic rings. The zero-order valence-electron chi connectivity index (χ0n) is 14.7. The van der Waals surface area contributed by atoms with E-state index in [0.29, 0.717) is 0 Å². The SMILES string of the molecule is CCCCCCCCCCCCCC#C[C@](C)(O)[C@@H](N)CO. The summed E-state index contributed by atoms with van der Waals surface area (Å²) in [6.07, 6.45) is 15.3. The van der Waals surface area contributed by atoms with E-state index in [0.717, 1.165) is 12.8 Å². The van der Waals surface area contributed by atoms with Crippen molar-refractivity contribution in [1.82, 2.24) is 0 Å². The topological polar surface area (TPSA) is 66.5 Å². The number of hydrogen-bond acceptors (Lipinski definition) is 3. The molecule has 2 atom stereocenters. The highest BCUT2D eigenvalue weighted by molar-refractivity contribution is 5.15. The quantitative estimate of drug-likeness (QED) is 0.358. The fourth-order valence-electron chi connectivity index (χ4n) is 2.39. The highest BCUT2D eigenvalue weighted by atomic mass is 16.3.